The van der Waals surface area contributed by atoms with Crippen molar-refractivity contribution < 1.29 is 14.2 Å². The van der Waals surface area contributed by atoms with Crippen molar-refractivity contribution in [1.82, 2.24) is 9.88 Å². The van der Waals surface area contributed by atoms with Gasteiger partial charge in [0.1, 0.15) is 12.4 Å². The molecule has 1 aromatic heterocycles. The molecule has 0 unspecified atom stereocenters. The summed E-state index contributed by atoms with van der Waals surface area (Å²) in [6, 6.07) is 10.4. The van der Waals surface area contributed by atoms with Crippen molar-refractivity contribution >= 4 is 0 Å². The molecule has 0 amide bonds. The summed E-state index contributed by atoms with van der Waals surface area (Å²) in [6.45, 7) is 5.47. The third-order valence-electron chi connectivity index (χ3n) is 5.54. The van der Waals surface area contributed by atoms with Crippen LogP contribution in [0.15, 0.2) is 42.6 Å². The fourth-order valence-electron chi connectivity index (χ4n) is 3.42. The molecule has 0 spiro atoms. The van der Waals surface area contributed by atoms with Gasteiger partial charge in [0, 0.05) is 31.0 Å². The van der Waals surface area contributed by atoms with E-state index >= 15 is 0 Å². The van der Waals surface area contributed by atoms with Crippen LogP contribution in [0, 0.1) is 11.2 Å². The Morgan fingerprint density at radius 2 is 1.96 bits per heavy atom. The maximum Gasteiger partial charge on any atom is 0.213 e. The normalized spacial score (nSPS) is 17.2. The number of benzene rings is 1. The molecule has 26 heavy (non-hydrogen) atoms. The highest BCUT2D eigenvalue weighted by Crippen LogP contribution is 2.34. The largest absolute Gasteiger partial charge is 0.473 e. The van der Waals surface area contributed by atoms with E-state index in [9.17, 15) is 9.50 Å². The van der Waals surface area contributed by atoms with Crippen molar-refractivity contribution in [3.8, 4) is 5.88 Å². The van der Waals surface area contributed by atoms with Crippen molar-refractivity contribution in [2.75, 3.05) is 19.7 Å². The van der Waals surface area contributed by atoms with Crippen molar-refractivity contribution in [2.24, 2.45) is 5.41 Å². The topological polar surface area (TPSA) is 45.6 Å². The Hall–Kier alpha value is -1.98. The smallest absolute Gasteiger partial charge is 0.213 e. The Labute approximate surface area is 154 Å². The fourth-order valence-corrected chi connectivity index (χ4v) is 3.42. The van der Waals surface area contributed by atoms with Crippen LogP contribution >= 0.6 is 0 Å². The summed E-state index contributed by atoms with van der Waals surface area (Å²) in [7, 11) is 0. The van der Waals surface area contributed by atoms with Crippen molar-refractivity contribution in [3.63, 3.8) is 0 Å². The van der Waals surface area contributed by atoms with Crippen LogP contribution in [0.1, 0.15) is 37.3 Å². The SMILES string of the molecule is CCC1(CO)CCN(Cc2ccc(OCc3ccccc3F)nc2)CC1. The average molecular weight is 358 g/mol. The van der Waals surface area contributed by atoms with E-state index in [0.29, 0.717) is 11.4 Å². The highest BCUT2D eigenvalue weighted by molar-refractivity contribution is 5.20. The molecular weight excluding hydrogens is 331 g/mol. The summed E-state index contributed by atoms with van der Waals surface area (Å²) >= 11 is 0. The molecule has 0 aliphatic carbocycles. The lowest BCUT2D eigenvalue weighted by molar-refractivity contribution is 0.0382. The molecule has 1 aliphatic heterocycles. The number of rotatable bonds is 7. The van der Waals surface area contributed by atoms with Gasteiger partial charge in [0.2, 0.25) is 5.88 Å². The third-order valence-corrected chi connectivity index (χ3v) is 5.54. The van der Waals surface area contributed by atoms with E-state index in [4.69, 9.17) is 4.74 Å². The predicted molar refractivity (Wildman–Crippen MR) is 99.3 cm³/mol. The number of nitrogens with zero attached hydrogens (tertiary/aromatic N) is 2. The molecule has 1 saturated heterocycles. The highest BCUT2D eigenvalue weighted by Gasteiger charge is 2.32. The summed E-state index contributed by atoms with van der Waals surface area (Å²) in [5.41, 5.74) is 1.77. The molecule has 5 heteroatoms. The van der Waals surface area contributed by atoms with Crippen LogP contribution in [0.2, 0.25) is 0 Å². The summed E-state index contributed by atoms with van der Waals surface area (Å²) < 4.78 is 19.2. The number of aromatic nitrogens is 1. The van der Waals surface area contributed by atoms with Crippen LogP contribution in [0.25, 0.3) is 0 Å². The second kappa shape index (κ2) is 8.60. The number of piperidine rings is 1. The van der Waals surface area contributed by atoms with Gasteiger partial charge in [0.25, 0.3) is 0 Å². The van der Waals surface area contributed by atoms with Gasteiger partial charge in [0.05, 0.1) is 0 Å². The lowest BCUT2D eigenvalue weighted by Crippen LogP contribution is -2.41. The molecule has 1 aliphatic rings. The predicted octanol–water partition coefficient (Wildman–Crippen LogP) is 3.78. The van der Waals surface area contributed by atoms with Crippen LogP contribution in [0.4, 0.5) is 4.39 Å². The number of halogens is 1. The monoisotopic (exact) mass is 358 g/mol. The Bertz CT molecular complexity index is 691. The molecule has 2 heterocycles. The van der Waals surface area contributed by atoms with Gasteiger partial charge in [-0.05, 0) is 49.4 Å². The van der Waals surface area contributed by atoms with Gasteiger partial charge in [-0.25, -0.2) is 9.37 Å². The zero-order chi connectivity index (χ0) is 18.4. The third kappa shape index (κ3) is 4.59. The molecule has 0 bridgehead atoms. The molecular formula is C21H27FN2O2. The number of pyridine rings is 1. The van der Waals surface area contributed by atoms with Gasteiger partial charge in [0.15, 0.2) is 0 Å². The van der Waals surface area contributed by atoms with Crippen LogP contribution in [-0.4, -0.2) is 34.7 Å². The standard InChI is InChI=1S/C21H27FN2O2/c1-2-21(16-25)9-11-24(12-10-21)14-17-7-8-20(23-13-17)26-15-18-5-3-4-6-19(18)22/h3-8,13,25H,2,9-12,14-16H2,1H3. The zero-order valence-electron chi connectivity index (χ0n) is 15.3. The molecule has 1 N–H and O–H groups in total. The highest BCUT2D eigenvalue weighted by atomic mass is 19.1. The summed E-state index contributed by atoms with van der Waals surface area (Å²) in [5, 5.41) is 9.63. The van der Waals surface area contributed by atoms with E-state index in [0.717, 1.165) is 44.5 Å². The molecule has 2 aromatic rings. The molecule has 0 atom stereocenters. The van der Waals surface area contributed by atoms with Crippen LogP contribution in [0.3, 0.4) is 0 Å². The van der Waals surface area contributed by atoms with E-state index in [1.807, 2.05) is 18.3 Å². The first kappa shape index (κ1) is 18.8. The molecule has 0 saturated carbocycles. The summed E-state index contributed by atoms with van der Waals surface area (Å²) in [4.78, 5) is 6.74. The molecule has 140 valence electrons. The second-order valence-electron chi connectivity index (χ2n) is 7.17. The Morgan fingerprint density at radius 3 is 2.58 bits per heavy atom. The number of aliphatic hydroxyl groups excluding tert-OH is 1. The second-order valence-corrected chi connectivity index (χ2v) is 7.17. The minimum absolute atomic E-state index is 0.110. The zero-order valence-corrected chi connectivity index (χ0v) is 15.3. The van der Waals surface area contributed by atoms with E-state index in [2.05, 4.69) is 16.8 Å². The van der Waals surface area contributed by atoms with Crippen molar-refractivity contribution in [3.05, 3.63) is 59.5 Å². The number of aliphatic hydroxyl groups is 1. The number of ether oxygens (including phenoxy) is 1. The fraction of sp³-hybridized carbons (Fsp3) is 0.476. The quantitative estimate of drug-likeness (QED) is 0.818. The molecule has 4 nitrogen and oxygen atoms in total. The maximum absolute atomic E-state index is 13.6. The first-order chi connectivity index (χ1) is 12.6. The minimum Gasteiger partial charge on any atom is -0.473 e. The van der Waals surface area contributed by atoms with Gasteiger partial charge in [-0.1, -0.05) is 31.2 Å². The molecule has 0 radical (unpaired) electrons. The van der Waals surface area contributed by atoms with Gasteiger partial charge in [-0.15, -0.1) is 0 Å². The van der Waals surface area contributed by atoms with Gasteiger partial charge >= 0.3 is 0 Å². The Morgan fingerprint density at radius 1 is 1.19 bits per heavy atom. The van der Waals surface area contributed by atoms with Gasteiger partial charge < -0.3 is 9.84 Å². The van der Waals surface area contributed by atoms with Crippen molar-refractivity contribution in [1.29, 1.82) is 0 Å². The number of likely N-dealkylation sites (tertiary alicyclic amines) is 1. The lowest BCUT2D eigenvalue weighted by atomic mass is 9.77. The molecule has 1 fully saturated rings. The Kier molecular flexibility index (Phi) is 6.22. The van der Waals surface area contributed by atoms with E-state index in [-0.39, 0.29) is 24.4 Å². The summed E-state index contributed by atoms with van der Waals surface area (Å²) in [6.07, 6.45) is 4.94. The molecule has 1 aromatic carbocycles. The van der Waals surface area contributed by atoms with E-state index in [1.165, 1.54) is 6.07 Å². The number of hydrogen-bond donors (Lipinski definition) is 1. The lowest BCUT2D eigenvalue weighted by Gasteiger charge is -2.40. The van der Waals surface area contributed by atoms with Crippen LogP contribution in [0.5, 0.6) is 5.88 Å². The Balaban J connectivity index is 1.50. The van der Waals surface area contributed by atoms with Gasteiger partial charge in [-0.3, -0.25) is 4.90 Å². The van der Waals surface area contributed by atoms with E-state index < -0.39 is 0 Å². The first-order valence-corrected chi connectivity index (χ1v) is 9.28. The number of hydrogen-bond acceptors (Lipinski definition) is 4. The van der Waals surface area contributed by atoms with Crippen LogP contribution in [-0.2, 0) is 13.2 Å². The first-order valence-electron chi connectivity index (χ1n) is 9.28. The molecule has 3 rings (SSSR count). The maximum atomic E-state index is 13.6. The van der Waals surface area contributed by atoms with E-state index in [1.54, 1.807) is 18.2 Å². The van der Waals surface area contributed by atoms with Crippen LogP contribution < -0.4 is 4.74 Å². The van der Waals surface area contributed by atoms with Crippen molar-refractivity contribution in [2.45, 2.75) is 39.3 Å². The van der Waals surface area contributed by atoms with Gasteiger partial charge in [-0.2, -0.15) is 0 Å². The average Bonchev–Trinajstić information content (AvgIpc) is 2.69. The summed E-state index contributed by atoms with van der Waals surface area (Å²) in [5.74, 6) is 0.237. The minimum atomic E-state index is -0.264.